The zero-order valence-corrected chi connectivity index (χ0v) is 12.6. The first-order valence-electron chi connectivity index (χ1n) is 7.90. The quantitative estimate of drug-likeness (QED) is 0.682. The second-order valence-corrected chi connectivity index (χ2v) is 7.42. The van der Waals surface area contributed by atoms with Gasteiger partial charge in [0.25, 0.3) is 0 Å². The summed E-state index contributed by atoms with van der Waals surface area (Å²) >= 11 is 0. The van der Waals surface area contributed by atoms with Gasteiger partial charge < -0.3 is 5.32 Å². The average Bonchev–Trinajstić information content (AvgIpc) is 3.11. The Hall–Kier alpha value is -0.300. The molecule has 0 amide bonds. The Balaban J connectivity index is 1.89. The fourth-order valence-electron chi connectivity index (χ4n) is 3.42. The normalized spacial score (nSPS) is 31.3. The maximum Gasteiger partial charge on any atom is 0.00683 e. The lowest BCUT2D eigenvalue weighted by atomic mass is 9.65. The Morgan fingerprint density at radius 3 is 2.56 bits per heavy atom. The molecular weight excluding hydrogens is 218 g/mol. The summed E-state index contributed by atoms with van der Waals surface area (Å²) in [6, 6.07) is 0.856. The van der Waals surface area contributed by atoms with Crippen molar-refractivity contribution in [3.8, 4) is 0 Å². The van der Waals surface area contributed by atoms with Crippen LogP contribution in [0.2, 0.25) is 0 Å². The van der Waals surface area contributed by atoms with E-state index in [2.05, 4.69) is 32.7 Å². The van der Waals surface area contributed by atoms with Gasteiger partial charge in [0.05, 0.1) is 0 Å². The van der Waals surface area contributed by atoms with E-state index in [0.29, 0.717) is 5.41 Å². The molecule has 2 atom stereocenters. The summed E-state index contributed by atoms with van der Waals surface area (Å²) in [6.45, 7) is 12.6. The predicted octanol–water partition coefficient (Wildman–Crippen LogP) is 4.54. The molecule has 0 saturated heterocycles. The number of hydrogen-bond donors (Lipinski definition) is 1. The highest BCUT2D eigenvalue weighted by molar-refractivity contribution is 4.99. The lowest BCUT2D eigenvalue weighted by Gasteiger charge is -2.41. The van der Waals surface area contributed by atoms with Crippen molar-refractivity contribution in [1.29, 1.82) is 0 Å². The highest BCUT2D eigenvalue weighted by Gasteiger charge is 2.35. The minimum atomic E-state index is 0.550. The van der Waals surface area contributed by atoms with Gasteiger partial charge in [-0.15, -0.1) is 0 Å². The molecule has 0 aromatic rings. The standard InChI is InChI=1S/C17H31N/c1-5-13(2)10-15-11-17(3,4)9-8-14(15)12-18-16-6-7-16/h14-16,18H,2,5-12H2,1,3-4H3. The summed E-state index contributed by atoms with van der Waals surface area (Å²) in [6.07, 6.45) is 9.43. The van der Waals surface area contributed by atoms with Crippen LogP contribution in [0.5, 0.6) is 0 Å². The molecule has 18 heavy (non-hydrogen) atoms. The van der Waals surface area contributed by atoms with Crippen LogP contribution in [0.25, 0.3) is 0 Å². The lowest BCUT2D eigenvalue weighted by molar-refractivity contribution is 0.115. The summed E-state index contributed by atoms with van der Waals surface area (Å²) in [5.74, 6) is 1.76. The van der Waals surface area contributed by atoms with Gasteiger partial charge in [-0.3, -0.25) is 0 Å². The molecule has 2 unspecified atom stereocenters. The highest BCUT2D eigenvalue weighted by atomic mass is 14.9. The zero-order chi connectivity index (χ0) is 13.2. The van der Waals surface area contributed by atoms with Crippen molar-refractivity contribution in [3.05, 3.63) is 12.2 Å². The molecule has 0 radical (unpaired) electrons. The van der Waals surface area contributed by atoms with Gasteiger partial charge in [0.2, 0.25) is 0 Å². The van der Waals surface area contributed by atoms with Gasteiger partial charge in [0.1, 0.15) is 0 Å². The van der Waals surface area contributed by atoms with Crippen LogP contribution in [-0.2, 0) is 0 Å². The molecule has 1 nitrogen and oxygen atoms in total. The van der Waals surface area contributed by atoms with Crippen LogP contribution in [-0.4, -0.2) is 12.6 Å². The lowest BCUT2D eigenvalue weighted by Crippen LogP contribution is -2.36. The van der Waals surface area contributed by atoms with Crippen LogP contribution in [0, 0.1) is 17.3 Å². The van der Waals surface area contributed by atoms with Crippen molar-refractivity contribution in [1.82, 2.24) is 5.32 Å². The molecule has 1 N–H and O–H groups in total. The Kier molecular flexibility index (Phi) is 4.53. The Bertz CT molecular complexity index is 286. The van der Waals surface area contributed by atoms with Gasteiger partial charge in [-0.05, 0) is 68.7 Å². The van der Waals surface area contributed by atoms with E-state index in [1.807, 2.05) is 0 Å². The smallest absolute Gasteiger partial charge is 0.00683 e. The first-order chi connectivity index (χ1) is 8.50. The third-order valence-electron chi connectivity index (χ3n) is 4.97. The molecular formula is C17H31N. The Morgan fingerprint density at radius 1 is 1.22 bits per heavy atom. The first-order valence-corrected chi connectivity index (χ1v) is 7.90. The molecule has 2 aliphatic rings. The minimum absolute atomic E-state index is 0.550. The number of allylic oxidation sites excluding steroid dienone is 1. The minimum Gasteiger partial charge on any atom is -0.314 e. The van der Waals surface area contributed by atoms with E-state index in [1.54, 1.807) is 0 Å². The van der Waals surface area contributed by atoms with Crippen molar-refractivity contribution in [2.45, 2.75) is 71.8 Å². The summed E-state index contributed by atoms with van der Waals surface area (Å²) in [7, 11) is 0. The second kappa shape index (κ2) is 5.77. The molecule has 0 aromatic heterocycles. The zero-order valence-electron chi connectivity index (χ0n) is 12.6. The molecule has 0 spiro atoms. The Labute approximate surface area is 113 Å². The fourth-order valence-corrected chi connectivity index (χ4v) is 3.42. The van der Waals surface area contributed by atoms with Crippen LogP contribution < -0.4 is 5.32 Å². The van der Waals surface area contributed by atoms with E-state index in [-0.39, 0.29) is 0 Å². The molecule has 104 valence electrons. The summed E-state index contributed by atoms with van der Waals surface area (Å²) in [4.78, 5) is 0. The number of hydrogen-bond acceptors (Lipinski definition) is 1. The van der Waals surface area contributed by atoms with Gasteiger partial charge in [0, 0.05) is 6.04 Å². The largest absolute Gasteiger partial charge is 0.314 e. The van der Waals surface area contributed by atoms with Crippen molar-refractivity contribution >= 4 is 0 Å². The van der Waals surface area contributed by atoms with Gasteiger partial charge in [-0.2, -0.15) is 0 Å². The molecule has 0 aliphatic heterocycles. The first kappa shape index (κ1) is 14.1. The summed E-state index contributed by atoms with van der Waals surface area (Å²) in [5.41, 5.74) is 2.00. The van der Waals surface area contributed by atoms with Crippen molar-refractivity contribution < 1.29 is 0 Å². The van der Waals surface area contributed by atoms with Crippen LogP contribution in [0.3, 0.4) is 0 Å². The molecule has 2 saturated carbocycles. The second-order valence-electron chi connectivity index (χ2n) is 7.42. The third-order valence-corrected chi connectivity index (χ3v) is 4.97. The van der Waals surface area contributed by atoms with E-state index in [4.69, 9.17) is 0 Å². The SMILES string of the molecule is C=C(CC)CC1CC(C)(C)CCC1CNC1CC1. The molecule has 0 bridgehead atoms. The van der Waals surface area contributed by atoms with Crippen LogP contribution >= 0.6 is 0 Å². The van der Waals surface area contributed by atoms with E-state index in [1.165, 1.54) is 50.6 Å². The Morgan fingerprint density at radius 2 is 1.94 bits per heavy atom. The molecule has 2 fully saturated rings. The topological polar surface area (TPSA) is 12.0 Å². The highest BCUT2D eigenvalue weighted by Crippen LogP contribution is 2.44. The maximum atomic E-state index is 4.24. The summed E-state index contributed by atoms with van der Waals surface area (Å²) in [5, 5.41) is 3.75. The van der Waals surface area contributed by atoms with Crippen LogP contribution in [0.4, 0.5) is 0 Å². The molecule has 0 aromatic carbocycles. The van der Waals surface area contributed by atoms with E-state index < -0.39 is 0 Å². The van der Waals surface area contributed by atoms with E-state index >= 15 is 0 Å². The fraction of sp³-hybridized carbons (Fsp3) is 0.882. The number of rotatable bonds is 6. The van der Waals surface area contributed by atoms with Crippen molar-refractivity contribution in [3.63, 3.8) is 0 Å². The third kappa shape index (κ3) is 4.12. The monoisotopic (exact) mass is 249 g/mol. The van der Waals surface area contributed by atoms with E-state index in [0.717, 1.165) is 24.3 Å². The van der Waals surface area contributed by atoms with Gasteiger partial charge in [0.15, 0.2) is 0 Å². The van der Waals surface area contributed by atoms with Gasteiger partial charge in [-0.25, -0.2) is 0 Å². The molecule has 1 heteroatoms. The molecule has 2 aliphatic carbocycles. The van der Waals surface area contributed by atoms with Crippen molar-refractivity contribution in [2.24, 2.45) is 17.3 Å². The number of nitrogens with one attached hydrogen (secondary N) is 1. The summed E-state index contributed by atoms with van der Waals surface area (Å²) < 4.78 is 0. The van der Waals surface area contributed by atoms with Crippen LogP contribution in [0.1, 0.15) is 65.7 Å². The van der Waals surface area contributed by atoms with Gasteiger partial charge >= 0.3 is 0 Å². The predicted molar refractivity (Wildman–Crippen MR) is 79.7 cm³/mol. The van der Waals surface area contributed by atoms with Crippen molar-refractivity contribution in [2.75, 3.05) is 6.54 Å². The van der Waals surface area contributed by atoms with Gasteiger partial charge in [-0.1, -0.05) is 32.9 Å². The van der Waals surface area contributed by atoms with E-state index in [9.17, 15) is 0 Å². The molecule has 0 heterocycles. The molecule has 2 rings (SSSR count). The van der Waals surface area contributed by atoms with Crippen LogP contribution in [0.15, 0.2) is 12.2 Å². The average molecular weight is 249 g/mol. The maximum absolute atomic E-state index is 4.24.